The third-order valence-corrected chi connectivity index (χ3v) is 8.70. The molecule has 1 rings (SSSR count). The van der Waals surface area contributed by atoms with Gasteiger partial charge in [0.25, 0.3) is 5.12 Å². The highest BCUT2D eigenvalue weighted by molar-refractivity contribution is 14.1. The van der Waals surface area contributed by atoms with Crippen molar-refractivity contribution in [2.24, 2.45) is 17.8 Å². The lowest BCUT2D eigenvalue weighted by Gasteiger charge is -2.28. The molecule has 4 N–H and O–H groups in total. The fourth-order valence-corrected chi connectivity index (χ4v) is 5.66. The molecule has 0 heterocycles. The smallest absolute Gasteiger partial charge is 0.312 e. The lowest BCUT2D eigenvalue weighted by Crippen LogP contribution is -2.57. The van der Waals surface area contributed by atoms with Crippen LogP contribution in [-0.4, -0.2) is 59.4 Å². The molecule has 15 heteroatoms. The molecule has 0 spiro atoms. The van der Waals surface area contributed by atoms with E-state index < -0.39 is 73.1 Å². The summed E-state index contributed by atoms with van der Waals surface area (Å²) in [4.78, 5) is 62.9. The molecule has 0 unspecified atom stereocenters. The predicted molar refractivity (Wildman–Crippen MR) is 169 cm³/mol. The summed E-state index contributed by atoms with van der Waals surface area (Å²) < 4.78 is 24.6. The number of benzene rings is 1. The van der Waals surface area contributed by atoms with Crippen LogP contribution in [0, 0.1) is 31.4 Å². The van der Waals surface area contributed by atoms with E-state index in [4.69, 9.17) is 0 Å². The van der Waals surface area contributed by atoms with Gasteiger partial charge in [-0.05, 0) is 64.8 Å². The van der Waals surface area contributed by atoms with E-state index in [9.17, 15) is 42.8 Å². The third-order valence-electron chi connectivity index (χ3n) is 6.63. The minimum absolute atomic E-state index is 0.0550. The number of nitrogens with zero attached hydrogens (tertiary/aromatic N) is 1. The highest BCUT2D eigenvalue weighted by Gasteiger charge is 2.36. The predicted octanol–water partition coefficient (Wildman–Crippen LogP) is 3.13. The minimum atomic E-state index is -4.33. The maximum atomic E-state index is 13.4. The first-order valence-electron chi connectivity index (χ1n) is 13.8. The van der Waals surface area contributed by atoms with E-state index in [0.717, 1.165) is 6.07 Å². The lowest BCUT2D eigenvalue weighted by atomic mass is 9.97. The van der Waals surface area contributed by atoms with Crippen LogP contribution in [0.1, 0.15) is 66.4 Å². The zero-order valence-electron chi connectivity index (χ0n) is 25.2. The van der Waals surface area contributed by atoms with Crippen LogP contribution in [0.25, 0.3) is 0 Å². The number of hydrogen-bond acceptors (Lipinski definition) is 9. The number of carbonyl (C=O) groups excluding carboxylic acids is 4. The molecule has 0 radical (unpaired) electrons. The average Bonchev–Trinajstić information content (AvgIpc) is 2.90. The Morgan fingerprint density at radius 2 is 1.51 bits per heavy atom. The molecule has 13 nitrogen and oxygen atoms in total. The van der Waals surface area contributed by atoms with Crippen molar-refractivity contribution >= 4 is 61.0 Å². The molecule has 240 valence electrons. The lowest BCUT2D eigenvalue weighted by molar-refractivity contribution is -0.386. The summed E-state index contributed by atoms with van der Waals surface area (Å²) in [5.74, 6) is -3.22. The largest absolute Gasteiger partial charge is 0.501 e. The zero-order chi connectivity index (χ0) is 33.2. The molecule has 0 saturated carbocycles. The molecule has 43 heavy (non-hydrogen) atoms. The van der Waals surface area contributed by atoms with E-state index in [0.29, 0.717) is 11.8 Å². The van der Waals surface area contributed by atoms with Gasteiger partial charge in [0.1, 0.15) is 18.1 Å². The van der Waals surface area contributed by atoms with Gasteiger partial charge in [-0.25, -0.2) is 8.42 Å². The van der Waals surface area contributed by atoms with Crippen molar-refractivity contribution in [3.8, 4) is 5.75 Å². The van der Waals surface area contributed by atoms with Crippen LogP contribution in [0.4, 0.5) is 5.69 Å². The molecule has 0 aliphatic heterocycles. The van der Waals surface area contributed by atoms with Crippen molar-refractivity contribution in [1.82, 2.24) is 16.0 Å². The van der Waals surface area contributed by atoms with Gasteiger partial charge in [0.15, 0.2) is 0 Å². The molecule has 0 aliphatic rings. The van der Waals surface area contributed by atoms with Crippen molar-refractivity contribution in [2.75, 3.05) is 0 Å². The van der Waals surface area contributed by atoms with Gasteiger partial charge in [0, 0.05) is 11.5 Å². The van der Waals surface area contributed by atoms with Crippen LogP contribution in [0.5, 0.6) is 5.75 Å². The summed E-state index contributed by atoms with van der Waals surface area (Å²) in [7, 11) is -4.33. The maximum absolute atomic E-state index is 13.4. The standard InChI is InChI=1S/C28H41IN4O9S/c1-8-17(7)24(28(38)43(41,42)9-2)32-27(37)21(11-16(5)6)31-26(36)20(10-15(3)4)30-23(34)14-18-12-19(29)25(35)22(13-18)33(39)40/h9,12-13,15-17,20-21,24,35H,2,8,10-11,14H2,1,3-7H3,(H,30,34)(H,31,36)(H,32,37)/t17-,20-,21-,24-/m0/s1. The summed E-state index contributed by atoms with van der Waals surface area (Å²) in [6.45, 7) is 13.8. The van der Waals surface area contributed by atoms with Crippen molar-refractivity contribution in [3.05, 3.63) is 43.4 Å². The molecule has 1 aromatic carbocycles. The van der Waals surface area contributed by atoms with Crippen LogP contribution in [0.3, 0.4) is 0 Å². The van der Waals surface area contributed by atoms with E-state index in [1.54, 1.807) is 36.4 Å². The Morgan fingerprint density at radius 1 is 1.00 bits per heavy atom. The van der Waals surface area contributed by atoms with Crippen molar-refractivity contribution in [3.63, 3.8) is 0 Å². The van der Waals surface area contributed by atoms with Gasteiger partial charge in [-0.2, -0.15) is 0 Å². The highest BCUT2D eigenvalue weighted by Crippen LogP contribution is 2.32. The first kappa shape index (κ1) is 37.9. The quantitative estimate of drug-likeness (QED) is 0.112. The molecule has 4 atom stereocenters. The van der Waals surface area contributed by atoms with Crippen molar-refractivity contribution in [2.45, 2.75) is 85.4 Å². The SMILES string of the molecule is C=CS(=O)(=O)C(=O)[C@@H](NC(=O)[C@H](CC(C)C)NC(=O)[C@H](CC(C)C)NC(=O)Cc1cc(I)c(O)c([N+](=O)[O-])c1)[C@@H](C)CC. The number of phenolic OH excluding ortho intramolecular Hbond substituents is 1. The van der Waals surface area contributed by atoms with Crippen LogP contribution in [0.15, 0.2) is 24.1 Å². The normalized spacial score (nSPS) is 14.3. The highest BCUT2D eigenvalue weighted by atomic mass is 127. The number of nitro benzene ring substituents is 1. The van der Waals surface area contributed by atoms with Crippen molar-refractivity contribution < 1.29 is 37.6 Å². The van der Waals surface area contributed by atoms with E-state index in [1.807, 2.05) is 27.7 Å². The second kappa shape index (κ2) is 16.7. The second-order valence-electron chi connectivity index (χ2n) is 11.2. The number of carbonyl (C=O) groups is 4. The Bertz CT molecular complexity index is 1330. The Morgan fingerprint density at radius 3 is 1.98 bits per heavy atom. The number of phenols is 1. The number of sulfone groups is 1. The Hall–Kier alpha value is -3.08. The van der Waals surface area contributed by atoms with Crippen molar-refractivity contribution in [1.29, 1.82) is 0 Å². The van der Waals surface area contributed by atoms with E-state index in [2.05, 4.69) is 22.5 Å². The molecule has 0 fully saturated rings. The molecule has 0 saturated heterocycles. The fourth-order valence-electron chi connectivity index (χ4n) is 4.17. The Balaban J connectivity index is 3.22. The van der Waals surface area contributed by atoms with E-state index in [-0.39, 0.29) is 40.2 Å². The topological polar surface area (TPSA) is 202 Å². The first-order chi connectivity index (χ1) is 19.8. The van der Waals surface area contributed by atoms with Crippen LogP contribution in [-0.2, 0) is 35.4 Å². The minimum Gasteiger partial charge on any atom is -0.501 e. The Labute approximate surface area is 265 Å². The number of nitrogens with one attached hydrogen (secondary N) is 3. The number of aromatic hydroxyl groups is 1. The van der Waals surface area contributed by atoms with Gasteiger partial charge in [-0.1, -0.05) is 54.5 Å². The monoisotopic (exact) mass is 736 g/mol. The second-order valence-corrected chi connectivity index (χ2v) is 14.2. The van der Waals surface area contributed by atoms with Gasteiger partial charge in [0.05, 0.1) is 14.9 Å². The molecular formula is C28H41IN4O9S. The number of rotatable bonds is 16. The van der Waals surface area contributed by atoms with Crippen LogP contribution >= 0.6 is 22.6 Å². The number of amides is 3. The molecule has 0 aliphatic carbocycles. The average molecular weight is 737 g/mol. The summed E-state index contributed by atoms with van der Waals surface area (Å²) >= 11 is 1.71. The van der Waals surface area contributed by atoms with Gasteiger partial charge >= 0.3 is 5.69 Å². The van der Waals surface area contributed by atoms with Crippen LogP contribution < -0.4 is 16.0 Å². The maximum Gasteiger partial charge on any atom is 0.312 e. The van der Waals surface area contributed by atoms with Gasteiger partial charge in [-0.3, -0.25) is 29.3 Å². The number of nitro groups is 1. The molecule has 3 amide bonds. The fraction of sp³-hybridized carbons (Fsp3) is 0.571. The van der Waals surface area contributed by atoms with Gasteiger partial charge in [0.2, 0.25) is 33.3 Å². The summed E-state index contributed by atoms with van der Waals surface area (Å²) in [5, 5.41) is 28.3. The van der Waals surface area contributed by atoms with E-state index in [1.165, 1.54) is 6.07 Å². The van der Waals surface area contributed by atoms with Gasteiger partial charge < -0.3 is 21.1 Å². The Kier molecular flexibility index (Phi) is 14.7. The number of hydrogen-bond donors (Lipinski definition) is 4. The van der Waals surface area contributed by atoms with Crippen LogP contribution in [0.2, 0.25) is 0 Å². The zero-order valence-corrected chi connectivity index (χ0v) is 28.2. The summed E-state index contributed by atoms with van der Waals surface area (Å²) in [6, 6.07) is -1.08. The van der Waals surface area contributed by atoms with Gasteiger partial charge in [-0.15, -0.1) is 0 Å². The molecule has 0 bridgehead atoms. The molecule has 0 aromatic heterocycles. The van der Waals surface area contributed by atoms with E-state index >= 15 is 0 Å². The third kappa shape index (κ3) is 11.5. The first-order valence-corrected chi connectivity index (χ1v) is 16.4. The summed E-state index contributed by atoms with van der Waals surface area (Å²) in [6.07, 6.45) is 0.430. The molecular weight excluding hydrogens is 695 g/mol. The molecule has 1 aromatic rings. The number of halogens is 1. The summed E-state index contributed by atoms with van der Waals surface area (Å²) in [5.41, 5.74) is -0.300.